The summed E-state index contributed by atoms with van der Waals surface area (Å²) in [6, 6.07) is 0. The molecule has 1 fully saturated rings. The van der Waals surface area contributed by atoms with Gasteiger partial charge in [-0.3, -0.25) is 0 Å². The molecule has 0 amide bonds. The Hall–Kier alpha value is -0.500. The third-order valence-corrected chi connectivity index (χ3v) is 3.34. The molecule has 0 radical (unpaired) electrons. The van der Waals surface area contributed by atoms with E-state index in [9.17, 15) is 0 Å². The highest BCUT2D eigenvalue weighted by Gasteiger charge is 2.23. The molecule has 3 heteroatoms. The molecular weight excluding hydrogens is 184 g/mol. The molecule has 1 saturated carbocycles. The summed E-state index contributed by atoms with van der Waals surface area (Å²) in [5.74, 6) is 3.27. The van der Waals surface area contributed by atoms with Crippen LogP contribution in [0.2, 0.25) is 0 Å². The fourth-order valence-corrected chi connectivity index (χ4v) is 2.46. The van der Waals surface area contributed by atoms with Crippen LogP contribution >= 0.6 is 11.6 Å². The van der Waals surface area contributed by atoms with Crippen LogP contribution in [-0.2, 0) is 0 Å². The first-order valence-corrected chi connectivity index (χ1v) is 5.49. The van der Waals surface area contributed by atoms with Crippen molar-refractivity contribution in [2.75, 3.05) is 5.88 Å². The average Bonchev–Trinajstić information content (AvgIpc) is 2.71. The largest absolute Gasteiger partial charge is 0.348 e. The Morgan fingerprint density at radius 2 is 2.46 bits per heavy atom. The Morgan fingerprint density at radius 1 is 1.54 bits per heavy atom. The van der Waals surface area contributed by atoms with Crippen LogP contribution in [0, 0.1) is 5.92 Å². The van der Waals surface area contributed by atoms with Gasteiger partial charge in [-0.2, -0.15) is 0 Å². The quantitative estimate of drug-likeness (QED) is 0.728. The van der Waals surface area contributed by atoms with Gasteiger partial charge in [0.25, 0.3) is 0 Å². The van der Waals surface area contributed by atoms with Crippen molar-refractivity contribution in [3.8, 4) is 0 Å². The number of hydrogen-bond acceptors (Lipinski definition) is 1. The average molecular weight is 199 g/mol. The maximum atomic E-state index is 5.88. The van der Waals surface area contributed by atoms with Gasteiger partial charge in [-0.1, -0.05) is 6.42 Å². The van der Waals surface area contributed by atoms with Crippen LogP contribution in [0.5, 0.6) is 0 Å². The lowest BCUT2D eigenvalue weighted by atomic mass is 9.82. The van der Waals surface area contributed by atoms with Crippen LogP contribution < -0.4 is 0 Å². The zero-order chi connectivity index (χ0) is 9.10. The van der Waals surface area contributed by atoms with Gasteiger partial charge < -0.3 is 4.98 Å². The molecule has 0 bridgehead atoms. The highest BCUT2D eigenvalue weighted by Crippen LogP contribution is 2.34. The Balaban J connectivity index is 2.00. The van der Waals surface area contributed by atoms with Crippen molar-refractivity contribution in [3.05, 3.63) is 18.2 Å². The molecule has 2 atom stereocenters. The normalized spacial score (nSPS) is 29.0. The van der Waals surface area contributed by atoms with E-state index >= 15 is 0 Å². The predicted molar refractivity (Wildman–Crippen MR) is 54.0 cm³/mol. The van der Waals surface area contributed by atoms with Gasteiger partial charge in [0.15, 0.2) is 0 Å². The molecule has 2 nitrogen and oxygen atoms in total. The highest BCUT2D eigenvalue weighted by molar-refractivity contribution is 6.18. The lowest BCUT2D eigenvalue weighted by Crippen LogP contribution is -2.16. The molecule has 0 spiro atoms. The van der Waals surface area contributed by atoms with Crippen LogP contribution in [0.25, 0.3) is 0 Å². The lowest BCUT2D eigenvalue weighted by Gasteiger charge is -2.26. The van der Waals surface area contributed by atoms with E-state index in [4.69, 9.17) is 11.6 Å². The minimum atomic E-state index is 0.618. The number of nitrogens with one attached hydrogen (secondary N) is 1. The van der Waals surface area contributed by atoms with Gasteiger partial charge in [-0.25, -0.2) is 4.98 Å². The summed E-state index contributed by atoms with van der Waals surface area (Å²) in [6.07, 6.45) is 8.79. The monoisotopic (exact) mass is 198 g/mol. The van der Waals surface area contributed by atoms with Crippen molar-refractivity contribution < 1.29 is 0 Å². The first kappa shape index (κ1) is 9.07. The van der Waals surface area contributed by atoms with Gasteiger partial charge in [0.05, 0.1) is 0 Å². The molecule has 13 heavy (non-hydrogen) atoms. The Morgan fingerprint density at radius 3 is 3.15 bits per heavy atom. The van der Waals surface area contributed by atoms with E-state index in [0.29, 0.717) is 11.8 Å². The fourth-order valence-electron chi connectivity index (χ4n) is 2.18. The summed E-state index contributed by atoms with van der Waals surface area (Å²) in [5.41, 5.74) is 0. The maximum absolute atomic E-state index is 5.88. The first-order valence-electron chi connectivity index (χ1n) is 4.95. The van der Waals surface area contributed by atoms with Crippen LogP contribution in [0.3, 0.4) is 0 Å². The molecule has 1 aliphatic rings. The number of rotatable bonds is 2. The molecule has 2 unspecified atom stereocenters. The molecule has 1 aromatic rings. The number of aromatic nitrogens is 2. The van der Waals surface area contributed by atoms with Crippen LogP contribution in [0.15, 0.2) is 12.4 Å². The van der Waals surface area contributed by atoms with Crippen LogP contribution in [0.4, 0.5) is 0 Å². The molecule has 2 rings (SSSR count). The van der Waals surface area contributed by atoms with Crippen molar-refractivity contribution in [2.24, 2.45) is 5.92 Å². The molecule has 0 aliphatic heterocycles. The third-order valence-electron chi connectivity index (χ3n) is 2.91. The zero-order valence-electron chi connectivity index (χ0n) is 7.67. The SMILES string of the molecule is ClCC1CCCC(c2ncc[nH]2)C1. The van der Waals surface area contributed by atoms with Crippen molar-refractivity contribution >= 4 is 11.6 Å². The van der Waals surface area contributed by atoms with E-state index in [-0.39, 0.29) is 0 Å². The molecule has 1 N–H and O–H groups in total. The molecular formula is C10H15ClN2. The number of aromatic amines is 1. The van der Waals surface area contributed by atoms with E-state index in [0.717, 1.165) is 11.7 Å². The van der Waals surface area contributed by atoms with Crippen molar-refractivity contribution in [3.63, 3.8) is 0 Å². The maximum Gasteiger partial charge on any atom is 0.109 e. The Bertz CT molecular complexity index is 245. The van der Waals surface area contributed by atoms with E-state index in [1.54, 1.807) is 0 Å². The number of hydrogen-bond donors (Lipinski definition) is 1. The molecule has 1 aromatic heterocycles. The second-order valence-corrected chi connectivity index (χ2v) is 4.17. The van der Waals surface area contributed by atoms with E-state index < -0.39 is 0 Å². The first-order chi connectivity index (χ1) is 6.40. The molecule has 72 valence electrons. The standard InChI is InChI=1S/C10H15ClN2/c11-7-8-2-1-3-9(6-8)10-12-4-5-13-10/h4-5,8-9H,1-3,6-7H2,(H,12,13). The van der Waals surface area contributed by atoms with E-state index in [2.05, 4.69) is 9.97 Å². The summed E-state index contributed by atoms with van der Waals surface area (Å²) in [4.78, 5) is 7.51. The van der Waals surface area contributed by atoms with Crippen molar-refractivity contribution in [2.45, 2.75) is 31.6 Å². The van der Waals surface area contributed by atoms with Gasteiger partial charge in [0.2, 0.25) is 0 Å². The third kappa shape index (κ3) is 2.05. The Labute approximate surface area is 83.7 Å². The minimum absolute atomic E-state index is 0.618. The van der Waals surface area contributed by atoms with Crippen molar-refractivity contribution in [1.82, 2.24) is 9.97 Å². The number of nitrogens with zero attached hydrogens (tertiary/aromatic N) is 1. The zero-order valence-corrected chi connectivity index (χ0v) is 8.43. The van der Waals surface area contributed by atoms with Gasteiger partial charge in [-0.15, -0.1) is 11.6 Å². The van der Waals surface area contributed by atoms with Gasteiger partial charge in [0, 0.05) is 24.2 Å². The summed E-state index contributed by atoms with van der Waals surface area (Å²) in [6.45, 7) is 0. The molecule has 0 saturated heterocycles. The van der Waals surface area contributed by atoms with Gasteiger partial charge in [0.1, 0.15) is 5.82 Å². The smallest absolute Gasteiger partial charge is 0.109 e. The summed E-state index contributed by atoms with van der Waals surface area (Å²) >= 11 is 5.88. The summed E-state index contributed by atoms with van der Waals surface area (Å²) in [5, 5.41) is 0. The number of H-pyrrole nitrogens is 1. The van der Waals surface area contributed by atoms with E-state index in [1.165, 1.54) is 25.7 Å². The lowest BCUT2D eigenvalue weighted by molar-refractivity contribution is 0.339. The predicted octanol–water partition coefficient (Wildman–Crippen LogP) is 2.92. The number of imidazole rings is 1. The summed E-state index contributed by atoms with van der Waals surface area (Å²) < 4.78 is 0. The second-order valence-electron chi connectivity index (χ2n) is 3.86. The number of alkyl halides is 1. The van der Waals surface area contributed by atoms with Gasteiger partial charge in [-0.05, 0) is 25.2 Å². The van der Waals surface area contributed by atoms with E-state index in [1.807, 2.05) is 12.4 Å². The second kappa shape index (κ2) is 4.14. The highest BCUT2D eigenvalue weighted by atomic mass is 35.5. The molecule has 1 heterocycles. The Kier molecular flexibility index (Phi) is 2.89. The minimum Gasteiger partial charge on any atom is -0.348 e. The van der Waals surface area contributed by atoms with Crippen LogP contribution in [0.1, 0.15) is 37.4 Å². The van der Waals surface area contributed by atoms with Gasteiger partial charge >= 0.3 is 0 Å². The fraction of sp³-hybridized carbons (Fsp3) is 0.700. The molecule has 0 aromatic carbocycles. The topological polar surface area (TPSA) is 28.7 Å². The van der Waals surface area contributed by atoms with Crippen LogP contribution in [-0.4, -0.2) is 15.8 Å². The molecule has 1 aliphatic carbocycles. The van der Waals surface area contributed by atoms with Crippen molar-refractivity contribution in [1.29, 1.82) is 0 Å². The summed E-state index contributed by atoms with van der Waals surface area (Å²) in [7, 11) is 0. The number of halogens is 1.